The summed E-state index contributed by atoms with van der Waals surface area (Å²) in [6.45, 7) is 9.18. The summed E-state index contributed by atoms with van der Waals surface area (Å²) in [6, 6.07) is 0. The topological polar surface area (TPSA) is 44.8 Å². The number of likely N-dealkylation sites (tertiary alicyclic amines) is 1. The van der Waals surface area contributed by atoms with Crippen LogP contribution in [0.4, 0.5) is 0 Å². The molecule has 4 aliphatic rings. The summed E-state index contributed by atoms with van der Waals surface area (Å²) in [5.74, 6) is 1.47. The lowest BCUT2D eigenvalue weighted by Gasteiger charge is -2.37. The van der Waals surface area contributed by atoms with Crippen LogP contribution in [-0.2, 0) is 9.53 Å². The van der Waals surface area contributed by atoms with Crippen LogP contribution in [0.15, 0.2) is 0 Å². The molecule has 1 aliphatic carbocycles. The van der Waals surface area contributed by atoms with Gasteiger partial charge in [0.25, 0.3) is 0 Å². The van der Waals surface area contributed by atoms with Gasteiger partial charge in [0.2, 0.25) is 5.91 Å². The maximum atomic E-state index is 12.9. The molecule has 0 bridgehead atoms. The Morgan fingerprint density at radius 3 is 2.56 bits per heavy atom. The van der Waals surface area contributed by atoms with E-state index < -0.39 is 0 Å². The van der Waals surface area contributed by atoms with Gasteiger partial charge in [0.15, 0.2) is 0 Å². The zero-order valence-electron chi connectivity index (χ0n) is 15.1. The van der Waals surface area contributed by atoms with Crippen molar-refractivity contribution in [3.63, 3.8) is 0 Å². The monoisotopic (exact) mass is 393 g/mol. The molecule has 2 atom stereocenters. The van der Waals surface area contributed by atoms with E-state index in [9.17, 15) is 4.79 Å². The van der Waals surface area contributed by atoms with E-state index in [1.807, 2.05) is 0 Å². The van der Waals surface area contributed by atoms with Gasteiger partial charge in [-0.1, -0.05) is 0 Å². The number of nitrogens with zero attached hydrogens (tertiary/aromatic N) is 2. The van der Waals surface area contributed by atoms with E-state index in [1.54, 1.807) is 0 Å². The van der Waals surface area contributed by atoms with E-state index in [4.69, 9.17) is 4.74 Å². The van der Waals surface area contributed by atoms with Crippen LogP contribution in [-0.4, -0.2) is 74.7 Å². The van der Waals surface area contributed by atoms with Crippen LogP contribution in [0, 0.1) is 17.3 Å². The molecule has 1 amide bonds. The highest BCUT2D eigenvalue weighted by molar-refractivity contribution is 5.85. The van der Waals surface area contributed by atoms with E-state index in [2.05, 4.69) is 15.1 Å². The molecule has 3 saturated heterocycles. The molecule has 0 aromatic rings. The first-order valence-electron chi connectivity index (χ1n) is 9.56. The third kappa shape index (κ3) is 4.81. The molecule has 4 fully saturated rings. The number of hydrogen-bond donors (Lipinski definition) is 1. The lowest BCUT2D eigenvalue weighted by molar-refractivity contribution is -0.135. The number of piperidine rings is 2. The first-order chi connectivity index (χ1) is 11.3. The van der Waals surface area contributed by atoms with Crippen molar-refractivity contribution in [2.45, 2.75) is 32.1 Å². The standard InChI is InChI=1S/C18H31N3O2.2ClH/c22-17(16-12-18(16)3-5-19-6-4-18)21-7-1-2-15(14-21)13-20-8-10-23-11-9-20;;/h15-16,19H,1-14H2;2*1H. The molecule has 4 rings (SSSR count). The Bertz CT molecular complexity index is 440. The van der Waals surface area contributed by atoms with E-state index in [0.717, 1.165) is 65.4 Å². The lowest BCUT2D eigenvalue weighted by atomic mass is 9.91. The Kier molecular flexibility index (Phi) is 7.84. The zero-order chi connectivity index (χ0) is 15.7. The Balaban J connectivity index is 0.00000113. The average Bonchev–Trinajstić information content (AvgIpc) is 3.29. The quantitative estimate of drug-likeness (QED) is 0.793. The van der Waals surface area contributed by atoms with Gasteiger partial charge in [0.1, 0.15) is 0 Å². The summed E-state index contributed by atoms with van der Waals surface area (Å²) >= 11 is 0. The number of carbonyl (C=O) groups is 1. The molecule has 1 saturated carbocycles. The second-order valence-electron chi connectivity index (χ2n) is 8.07. The highest BCUT2D eigenvalue weighted by atomic mass is 35.5. The molecule has 1 N–H and O–H groups in total. The van der Waals surface area contributed by atoms with Gasteiger partial charge in [-0.25, -0.2) is 0 Å². The fourth-order valence-corrected chi connectivity index (χ4v) is 4.96. The minimum absolute atomic E-state index is 0. The number of morpholine rings is 1. The van der Waals surface area contributed by atoms with Crippen LogP contribution >= 0.6 is 24.8 Å². The predicted molar refractivity (Wildman–Crippen MR) is 104 cm³/mol. The van der Waals surface area contributed by atoms with E-state index in [1.165, 1.54) is 25.7 Å². The van der Waals surface area contributed by atoms with Crippen molar-refractivity contribution in [2.24, 2.45) is 17.3 Å². The number of halogens is 2. The van der Waals surface area contributed by atoms with E-state index in [-0.39, 0.29) is 24.8 Å². The SMILES string of the molecule is Cl.Cl.O=C(C1CC12CCNCC2)N1CCCC(CN2CCOCC2)C1. The van der Waals surface area contributed by atoms with Crippen LogP contribution in [0.1, 0.15) is 32.1 Å². The molecule has 3 heterocycles. The van der Waals surface area contributed by atoms with Crippen molar-refractivity contribution in [3.05, 3.63) is 0 Å². The van der Waals surface area contributed by atoms with Crippen LogP contribution < -0.4 is 5.32 Å². The Morgan fingerprint density at radius 2 is 1.84 bits per heavy atom. The third-order valence-corrected chi connectivity index (χ3v) is 6.54. The number of amides is 1. The van der Waals surface area contributed by atoms with Gasteiger partial charge in [-0.15, -0.1) is 24.8 Å². The Hall–Kier alpha value is -0.0700. The van der Waals surface area contributed by atoms with Crippen molar-refractivity contribution in [3.8, 4) is 0 Å². The van der Waals surface area contributed by atoms with Crippen LogP contribution in [0.3, 0.4) is 0 Å². The van der Waals surface area contributed by atoms with Crippen LogP contribution in [0.25, 0.3) is 0 Å². The highest BCUT2D eigenvalue weighted by Gasteiger charge is 2.58. The van der Waals surface area contributed by atoms with Gasteiger partial charge in [0.05, 0.1) is 13.2 Å². The van der Waals surface area contributed by atoms with E-state index >= 15 is 0 Å². The Morgan fingerprint density at radius 1 is 1.12 bits per heavy atom. The highest BCUT2D eigenvalue weighted by Crippen LogP contribution is 2.59. The van der Waals surface area contributed by atoms with Crippen molar-refractivity contribution in [1.29, 1.82) is 0 Å². The van der Waals surface area contributed by atoms with Gasteiger partial charge in [-0.3, -0.25) is 9.69 Å². The molecule has 0 aromatic heterocycles. The van der Waals surface area contributed by atoms with Gasteiger partial charge < -0.3 is 15.0 Å². The first-order valence-corrected chi connectivity index (χ1v) is 9.56. The van der Waals surface area contributed by atoms with Crippen molar-refractivity contribution in [2.75, 3.05) is 59.0 Å². The number of ether oxygens (including phenoxy) is 1. The molecular formula is C18H33Cl2N3O2. The van der Waals surface area contributed by atoms with Crippen molar-refractivity contribution < 1.29 is 9.53 Å². The summed E-state index contributed by atoms with van der Waals surface area (Å²) in [5, 5.41) is 3.43. The molecule has 25 heavy (non-hydrogen) atoms. The third-order valence-electron chi connectivity index (χ3n) is 6.54. The predicted octanol–water partition coefficient (Wildman–Crippen LogP) is 1.79. The molecular weight excluding hydrogens is 361 g/mol. The smallest absolute Gasteiger partial charge is 0.226 e. The summed E-state index contributed by atoms with van der Waals surface area (Å²) in [5.41, 5.74) is 0.374. The van der Waals surface area contributed by atoms with Gasteiger partial charge >= 0.3 is 0 Å². The molecule has 146 valence electrons. The minimum atomic E-state index is 0. The molecule has 7 heteroatoms. The zero-order valence-corrected chi connectivity index (χ0v) is 16.7. The molecule has 0 radical (unpaired) electrons. The molecule has 5 nitrogen and oxygen atoms in total. The summed E-state index contributed by atoms with van der Waals surface area (Å²) in [6.07, 6.45) is 6.02. The largest absolute Gasteiger partial charge is 0.379 e. The molecule has 3 aliphatic heterocycles. The van der Waals surface area contributed by atoms with Gasteiger partial charge in [-0.2, -0.15) is 0 Å². The van der Waals surface area contributed by atoms with Crippen LogP contribution in [0.5, 0.6) is 0 Å². The van der Waals surface area contributed by atoms with Crippen LogP contribution in [0.2, 0.25) is 0 Å². The Labute approximate surface area is 164 Å². The second kappa shape index (κ2) is 9.23. The maximum Gasteiger partial charge on any atom is 0.226 e. The number of rotatable bonds is 3. The van der Waals surface area contributed by atoms with Crippen molar-refractivity contribution >= 4 is 30.7 Å². The normalized spacial score (nSPS) is 31.8. The molecule has 1 spiro atoms. The number of nitrogens with one attached hydrogen (secondary N) is 1. The first kappa shape index (κ1) is 21.2. The van der Waals surface area contributed by atoms with Crippen molar-refractivity contribution in [1.82, 2.24) is 15.1 Å². The number of carbonyl (C=O) groups excluding carboxylic acids is 1. The summed E-state index contributed by atoms with van der Waals surface area (Å²) < 4.78 is 5.44. The fourth-order valence-electron chi connectivity index (χ4n) is 4.96. The lowest BCUT2D eigenvalue weighted by Crippen LogP contribution is -2.47. The fraction of sp³-hybridized carbons (Fsp3) is 0.944. The summed E-state index contributed by atoms with van der Waals surface area (Å²) in [4.78, 5) is 17.7. The second-order valence-corrected chi connectivity index (χ2v) is 8.07. The number of hydrogen-bond acceptors (Lipinski definition) is 4. The summed E-state index contributed by atoms with van der Waals surface area (Å²) in [7, 11) is 0. The maximum absolute atomic E-state index is 12.9. The minimum Gasteiger partial charge on any atom is -0.379 e. The average molecular weight is 394 g/mol. The molecule has 2 unspecified atom stereocenters. The molecule has 0 aromatic carbocycles. The van der Waals surface area contributed by atoms with E-state index in [0.29, 0.717) is 23.2 Å². The van der Waals surface area contributed by atoms with Gasteiger partial charge in [-0.05, 0) is 56.5 Å². The van der Waals surface area contributed by atoms with Gasteiger partial charge in [0, 0.05) is 38.6 Å².